The molecule has 0 saturated heterocycles. The van der Waals surface area contributed by atoms with E-state index in [0.29, 0.717) is 12.2 Å². The van der Waals surface area contributed by atoms with Crippen molar-refractivity contribution in [1.29, 1.82) is 0 Å². The molecule has 142 valence electrons. The Hall–Kier alpha value is -1.57. The van der Waals surface area contributed by atoms with Crippen molar-refractivity contribution in [2.24, 2.45) is 5.92 Å². The smallest absolute Gasteiger partial charge is 0.355 e. The van der Waals surface area contributed by atoms with Gasteiger partial charge in [-0.15, -0.1) is 0 Å². The van der Waals surface area contributed by atoms with Crippen molar-refractivity contribution in [1.82, 2.24) is 20.0 Å². The quantitative estimate of drug-likeness (QED) is 0.737. The lowest BCUT2D eigenvalue weighted by atomic mass is 10.1. The highest BCUT2D eigenvalue weighted by Crippen LogP contribution is 2.42. The predicted octanol–water partition coefficient (Wildman–Crippen LogP) is 2.87. The molecule has 0 radical (unpaired) electrons. The fourth-order valence-electron chi connectivity index (χ4n) is 2.82. The van der Waals surface area contributed by atoms with Gasteiger partial charge in [0.25, 0.3) is 0 Å². The maximum Gasteiger partial charge on any atom is 0.435 e. The third-order valence-corrected chi connectivity index (χ3v) is 4.61. The lowest BCUT2D eigenvalue weighted by molar-refractivity contribution is -0.141. The fraction of sp³-hybridized carbons (Fsp3) is 0.765. The van der Waals surface area contributed by atoms with Crippen molar-refractivity contribution in [2.45, 2.75) is 52.3 Å². The van der Waals surface area contributed by atoms with Crippen molar-refractivity contribution in [3.8, 4) is 0 Å². The Kier molecular flexibility index (Phi) is 6.48. The number of nitrogens with zero attached hydrogens (tertiary/aromatic N) is 3. The van der Waals surface area contributed by atoms with E-state index in [0.717, 1.165) is 38.5 Å². The molecule has 0 spiro atoms. The minimum atomic E-state index is -4.45. The summed E-state index contributed by atoms with van der Waals surface area (Å²) in [4.78, 5) is 14.4. The van der Waals surface area contributed by atoms with E-state index >= 15 is 0 Å². The Labute approximate surface area is 146 Å². The number of likely N-dealkylation sites (N-methyl/N-ethyl adjacent to an activating group) is 1. The molecule has 1 atom stereocenters. The molecular weight excluding hydrogens is 333 g/mol. The first-order chi connectivity index (χ1) is 11.8. The number of carbonyl (C=O) groups excluding carboxylic acids is 1. The summed E-state index contributed by atoms with van der Waals surface area (Å²) in [5, 5.41) is 6.56. The number of carbonyl (C=O) groups is 1. The van der Waals surface area contributed by atoms with Crippen LogP contribution in [0.5, 0.6) is 0 Å². The Morgan fingerprint density at radius 1 is 1.40 bits per heavy atom. The number of nitrogens with one attached hydrogen (secondary N) is 1. The lowest BCUT2D eigenvalue weighted by Gasteiger charge is -2.19. The maximum atomic E-state index is 12.9. The Bertz CT molecular complexity index is 577. The molecule has 1 heterocycles. The van der Waals surface area contributed by atoms with Crippen LogP contribution in [0.2, 0.25) is 0 Å². The SMILES string of the molecule is CCN(CC)CCNC(=O)C(C)Cn1nc(C(F)(F)F)cc1C1CC1. The summed E-state index contributed by atoms with van der Waals surface area (Å²) >= 11 is 0. The van der Waals surface area contributed by atoms with Crippen molar-refractivity contribution in [2.75, 3.05) is 26.2 Å². The van der Waals surface area contributed by atoms with E-state index in [2.05, 4.69) is 29.2 Å². The van der Waals surface area contributed by atoms with Crippen molar-refractivity contribution >= 4 is 5.91 Å². The zero-order valence-electron chi connectivity index (χ0n) is 15.1. The molecule has 25 heavy (non-hydrogen) atoms. The zero-order valence-corrected chi connectivity index (χ0v) is 15.1. The standard InChI is InChI=1S/C17H27F3N4O/c1-4-23(5-2)9-8-21-16(25)12(3)11-24-14(13-6-7-13)10-15(22-24)17(18,19)20/h10,12-13H,4-9,11H2,1-3H3,(H,21,25). The van der Waals surface area contributed by atoms with Crippen LogP contribution in [0.1, 0.15) is 50.9 Å². The predicted molar refractivity (Wildman–Crippen MR) is 89.2 cm³/mol. The summed E-state index contributed by atoms with van der Waals surface area (Å²) in [5.74, 6) is -0.449. The average molecular weight is 360 g/mol. The van der Waals surface area contributed by atoms with Gasteiger partial charge in [0, 0.05) is 24.7 Å². The second-order valence-corrected chi connectivity index (χ2v) is 6.63. The van der Waals surface area contributed by atoms with Crippen LogP contribution >= 0.6 is 0 Å². The van der Waals surface area contributed by atoms with Crippen molar-refractivity contribution < 1.29 is 18.0 Å². The van der Waals surface area contributed by atoms with Crippen LogP contribution in [-0.2, 0) is 17.5 Å². The maximum absolute atomic E-state index is 12.9. The van der Waals surface area contributed by atoms with Crippen LogP contribution < -0.4 is 5.32 Å². The summed E-state index contributed by atoms with van der Waals surface area (Å²) in [6.45, 7) is 9.14. The van der Waals surface area contributed by atoms with E-state index in [1.165, 1.54) is 4.68 Å². The molecule has 8 heteroatoms. The fourth-order valence-corrected chi connectivity index (χ4v) is 2.82. The van der Waals surface area contributed by atoms with E-state index < -0.39 is 17.8 Å². The van der Waals surface area contributed by atoms with Crippen LogP contribution in [0.4, 0.5) is 13.2 Å². The third-order valence-electron chi connectivity index (χ3n) is 4.61. The molecule has 2 rings (SSSR count). The van der Waals surface area contributed by atoms with E-state index in [4.69, 9.17) is 0 Å². The molecule has 1 aromatic rings. The van der Waals surface area contributed by atoms with Crippen LogP contribution in [0.25, 0.3) is 0 Å². The van der Waals surface area contributed by atoms with Crippen molar-refractivity contribution in [3.05, 3.63) is 17.5 Å². The van der Waals surface area contributed by atoms with Crippen molar-refractivity contribution in [3.63, 3.8) is 0 Å². The third kappa shape index (κ3) is 5.45. The molecule has 0 bridgehead atoms. The lowest BCUT2D eigenvalue weighted by Crippen LogP contribution is -2.38. The van der Waals surface area contributed by atoms with Gasteiger partial charge in [0.15, 0.2) is 5.69 Å². The van der Waals surface area contributed by atoms with Gasteiger partial charge in [0.05, 0.1) is 12.5 Å². The molecule has 1 amide bonds. The van der Waals surface area contributed by atoms with Crippen LogP contribution in [0.3, 0.4) is 0 Å². The summed E-state index contributed by atoms with van der Waals surface area (Å²) in [6, 6.07) is 1.13. The van der Waals surface area contributed by atoms with Gasteiger partial charge in [-0.2, -0.15) is 18.3 Å². The summed E-state index contributed by atoms with van der Waals surface area (Å²) in [5.41, 5.74) is -0.279. The van der Waals surface area contributed by atoms with Gasteiger partial charge in [-0.3, -0.25) is 9.48 Å². The molecule has 1 saturated carbocycles. The minimum Gasteiger partial charge on any atom is -0.355 e. The number of rotatable bonds is 9. The Balaban J connectivity index is 1.94. The molecule has 1 aliphatic rings. The van der Waals surface area contributed by atoms with Gasteiger partial charge < -0.3 is 10.2 Å². The Morgan fingerprint density at radius 2 is 2.04 bits per heavy atom. The molecule has 1 fully saturated rings. The summed E-state index contributed by atoms with van der Waals surface area (Å²) < 4.78 is 40.1. The van der Waals surface area contributed by atoms with E-state index in [1.54, 1.807) is 6.92 Å². The number of hydrogen-bond donors (Lipinski definition) is 1. The van der Waals surface area contributed by atoms with Crippen LogP contribution in [0.15, 0.2) is 6.07 Å². The summed E-state index contributed by atoms with van der Waals surface area (Å²) in [7, 11) is 0. The first-order valence-corrected chi connectivity index (χ1v) is 8.91. The topological polar surface area (TPSA) is 50.2 Å². The van der Waals surface area contributed by atoms with Crippen LogP contribution in [0, 0.1) is 5.92 Å². The van der Waals surface area contributed by atoms with E-state index in [-0.39, 0.29) is 18.4 Å². The second-order valence-electron chi connectivity index (χ2n) is 6.63. The molecule has 0 aromatic carbocycles. The van der Waals surface area contributed by atoms with E-state index in [1.807, 2.05) is 0 Å². The van der Waals surface area contributed by atoms with Gasteiger partial charge in [0.2, 0.25) is 5.91 Å². The number of hydrogen-bond acceptors (Lipinski definition) is 3. The largest absolute Gasteiger partial charge is 0.435 e. The Morgan fingerprint density at radius 3 is 2.56 bits per heavy atom. The first-order valence-electron chi connectivity index (χ1n) is 8.91. The number of alkyl halides is 3. The second kappa shape index (κ2) is 8.21. The normalized spacial score (nSPS) is 16.3. The monoisotopic (exact) mass is 360 g/mol. The number of amides is 1. The molecule has 1 aliphatic carbocycles. The molecule has 0 aliphatic heterocycles. The van der Waals surface area contributed by atoms with Gasteiger partial charge in [0.1, 0.15) is 0 Å². The van der Waals surface area contributed by atoms with E-state index in [9.17, 15) is 18.0 Å². The van der Waals surface area contributed by atoms with Crippen LogP contribution in [-0.4, -0.2) is 46.8 Å². The van der Waals surface area contributed by atoms with Gasteiger partial charge in [-0.25, -0.2) is 0 Å². The number of aromatic nitrogens is 2. The highest BCUT2D eigenvalue weighted by atomic mass is 19.4. The molecule has 5 nitrogen and oxygen atoms in total. The molecule has 1 N–H and O–H groups in total. The zero-order chi connectivity index (χ0) is 18.6. The highest BCUT2D eigenvalue weighted by Gasteiger charge is 2.38. The molecule has 1 unspecified atom stereocenters. The van der Waals surface area contributed by atoms with Gasteiger partial charge >= 0.3 is 6.18 Å². The average Bonchev–Trinajstić information content (AvgIpc) is 3.30. The molecule has 1 aromatic heterocycles. The summed E-state index contributed by atoms with van der Waals surface area (Å²) in [6.07, 6.45) is -2.69. The number of halogens is 3. The molecular formula is C17H27F3N4O. The minimum absolute atomic E-state index is 0.140. The van der Waals surface area contributed by atoms with Gasteiger partial charge in [-0.05, 0) is 32.0 Å². The highest BCUT2D eigenvalue weighted by molar-refractivity contribution is 5.78. The first kappa shape index (κ1) is 19.8. The van der Waals surface area contributed by atoms with Gasteiger partial charge in [-0.1, -0.05) is 20.8 Å².